The Kier molecular flexibility index (Phi) is 5.54. The Morgan fingerprint density at radius 1 is 0.857 bits per heavy atom. The van der Waals surface area contributed by atoms with E-state index in [2.05, 4.69) is 98.8 Å². The third kappa shape index (κ3) is 3.39. The largest absolute Gasteiger partial charge is 0.497 e. The van der Waals surface area contributed by atoms with E-state index >= 15 is 0 Å². The Labute approximate surface area is 210 Å². The lowest BCUT2D eigenvalue weighted by Gasteiger charge is -2.43. The molecule has 3 heteroatoms. The Bertz CT molecular complexity index is 1160. The van der Waals surface area contributed by atoms with Crippen LogP contribution < -0.4 is 4.74 Å². The molecule has 2 aliphatic heterocycles. The third-order valence-corrected chi connectivity index (χ3v) is 9.92. The van der Waals surface area contributed by atoms with Crippen LogP contribution in [0.2, 0.25) is 0 Å². The summed E-state index contributed by atoms with van der Waals surface area (Å²) in [6.07, 6.45) is 2.56. The second-order valence-corrected chi connectivity index (χ2v) is 11.5. The van der Waals surface area contributed by atoms with Crippen molar-refractivity contribution in [3.63, 3.8) is 0 Å². The summed E-state index contributed by atoms with van der Waals surface area (Å²) in [4.78, 5) is 0. The van der Waals surface area contributed by atoms with Gasteiger partial charge in [0.25, 0.3) is 0 Å². The molecular formula is C32H38NO2+. The van der Waals surface area contributed by atoms with Crippen LogP contribution >= 0.6 is 0 Å². The van der Waals surface area contributed by atoms with Crippen LogP contribution in [0.15, 0.2) is 84.9 Å². The van der Waals surface area contributed by atoms with Crippen molar-refractivity contribution >= 4 is 0 Å². The first-order chi connectivity index (χ1) is 17.0. The quantitative estimate of drug-likeness (QED) is 0.365. The highest BCUT2D eigenvalue weighted by Crippen LogP contribution is 2.68. The van der Waals surface area contributed by atoms with E-state index in [0.29, 0.717) is 12.5 Å². The van der Waals surface area contributed by atoms with Crippen LogP contribution in [0.5, 0.6) is 5.75 Å². The van der Waals surface area contributed by atoms with Crippen molar-refractivity contribution in [1.82, 2.24) is 0 Å². The lowest BCUT2D eigenvalue weighted by Crippen LogP contribution is -2.57. The van der Waals surface area contributed by atoms with E-state index in [0.717, 1.165) is 35.2 Å². The molecule has 3 aromatic rings. The maximum absolute atomic E-state index is 7.19. The molecule has 2 saturated heterocycles. The minimum Gasteiger partial charge on any atom is -0.497 e. The van der Waals surface area contributed by atoms with E-state index in [-0.39, 0.29) is 11.1 Å². The normalized spacial score (nSPS) is 35.2. The minimum absolute atomic E-state index is 0.214. The summed E-state index contributed by atoms with van der Waals surface area (Å²) in [5.74, 6) is 2.93. The van der Waals surface area contributed by atoms with Crippen LogP contribution in [-0.2, 0) is 23.5 Å². The monoisotopic (exact) mass is 468 g/mol. The SMILES string of the molecule is COc1ccc(C[N@@+]23C[C@@H](C)[C@@H]4CC[C@@H]([C@@]42C)[C@@](OCc2ccccc2)(c2ccccc2)C3)cc1. The van der Waals surface area contributed by atoms with Gasteiger partial charge in [-0.3, -0.25) is 0 Å². The lowest BCUT2D eigenvalue weighted by atomic mass is 9.73. The Morgan fingerprint density at radius 2 is 1.54 bits per heavy atom. The molecule has 0 amide bonds. The maximum atomic E-state index is 7.19. The summed E-state index contributed by atoms with van der Waals surface area (Å²) < 4.78 is 13.8. The molecule has 1 aliphatic carbocycles. The van der Waals surface area contributed by atoms with E-state index < -0.39 is 0 Å². The smallest absolute Gasteiger partial charge is 0.151 e. The molecule has 35 heavy (non-hydrogen) atoms. The van der Waals surface area contributed by atoms with Gasteiger partial charge in [-0.2, -0.15) is 0 Å². The van der Waals surface area contributed by atoms with Crippen molar-refractivity contribution in [2.75, 3.05) is 20.2 Å². The molecule has 0 bridgehead atoms. The minimum atomic E-state index is -0.271. The van der Waals surface area contributed by atoms with E-state index in [9.17, 15) is 0 Å². The lowest BCUT2D eigenvalue weighted by molar-refractivity contribution is -0.968. The molecule has 1 saturated carbocycles. The van der Waals surface area contributed by atoms with Gasteiger partial charge in [-0.05, 0) is 55.2 Å². The molecule has 0 radical (unpaired) electrons. The van der Waals surface area contributed by atoms with Crippen molar-refractivity contribution < 1.29 is 14.0 Å². The molecule has 0 spiro atoms. The van der Waals surface area contributed by atoms with Gasteiger partial charge in [0.05, 0.1) is 26.2 Å². The van der Waals surface area contributed by atoms with Crippen LogP contribution in [0.25, 0.3) is 0 Å². The summed E-state index contributed by atoms with van der Waals surface area (Å²) in [5, 5.41) is 0. The topological polar surface area (TPSA) is 18.5 Å². The van der Waals surface area contributed by atoms with E-state index in [4.69, 9.17) is 9.47 Å². The number of benzene rings is 3. The van der Waals surface area contributed by atoms with Gasteiger partial charge in [-0.15, -0.1) is 0 Å². The predicted octanol–water partition coefficient (Wildman–Crippen LogP) is 6.57. The second-order valence-electron chi connectivity index (χ2n) is 11.5. The molecule has 182 valence electrons. The van der Waals surface area contributed by atoms with Crippen molar-refractivity contribution in [1.29, 1.82) is 0 Å². The zero-order chi connectivity index (χ0) is 24.1. The standard InChI is InChI=1S/C32H38NO2/c1-24-20-33(21-25-14-16-28(34-3)17-15-25)23-32(27-12-8-5-9-13-27,30-19-18-29(24)31(30,33)2)35-22-26-10-6-4-7-11-26/h4-17,24,29-30H,18-23H2,1-3H3/q+1/t24-,29+,30+,31-,32+,33-/m1/s1. The highest BCUT2D eigenvalue weighted by Gasteiger charge is 2.78. The highest BCUT2D eigenvalue weighted by atomic mass is 16.5. The van der Waals surface area contributed by atoms with Crippen molar-refractivity contribution in [3.8, 4) is 5.75 Å². The summed E-state index contributed by atoms with van der Waals surface area (Å²) in [5.41, 5.74) is 3.96. The molecule has 0 unspecified atom stereocenters. The van der Waals surface area contributed by atoms with Crippen LogP contribution in [0.1, 0.15) is 43.4 Å². The van der Waals surface area contributed by atoms with Crippen LogP contribution in [-0.4, -0.2) is 30.2 Å². The number of quaternary nitrogens is 1. The number of hydrogen-bond acceptors (Lipinski definition) is 2. The molecule has 3 fully saturated rings. The van der Waals surface area contributed by atoms with Gasteiger partial charge < -0.3 is 14.0 Å². The average Bonchev–Trinajstić information content (AvgIpc) is 3.44. The zero-order valence-corrected chi connectivity index (χ0v) is 21.3. The van der Waals surface area contributed by atoms with Gasteiger partial charge in [0, 0.05) is 17.4 Å². The van der Waals surface area contributed by atoms with Gasteiger partial charge in [0.1, 0.15) is 24.4 Å². The maximum Gasteiger partial charge on any atom is 0.151 e. The molecule has 3 aromatic carbocycles. The summed E-state index contributed by atoms with van der Waals surface area (Å²) in [6, 6.07) is 30.6. The molecule has 3 aliphatic rings. The molecule has 2 heterocycles. The Morgan fingerprint density at radius 3 is 2.23 bits per heavy atom. The van der Waals surface area contributed by atoms with E-state index in [1.54, 1.807) is 7.11 Å². The van der Waals surface area contributed by atoms with Crippen molar-refractivity contribution in [2.45, 2.75) is 51.0 Å². The predicted molar refractivity (Wildman–Crippen MR) is 140 cm³/mol. The first kappa shape index (κ1) is 22.8. The molecule has 0 N–H and O–H groups in total. The summed E-state index contributed by atoms with van der Waals surface area (Å²) in [7, 11) is 1.74. The fourth-order valence-corrected chi connectivity index (χ4v) is 8.51. The van der Waals surface area contributed by atoms with Gasteiger partial charge >= 0.3 is 0 Å². The molecular weight excluding hydrogens is 430 g/mol. The summed E-state index contributed by atoms with van der Waals surface area (Å²) in [6.45, 7) is 9.09. The fourth-order valence-electron chi connectivity index (χ4n) is 8.51. The van der Waals surface area contributed by atoms with Crippen LogP contribution in [0.3, 0.4) is 0 Å². The Hall–Kier alpha value is -2.62. The van der Waals surface area contributed by atoms with Gasteiger partial charge in [-0.1, -0.05) is 67.6 Å². The molecule has 6 atom stereocenters. The third-order valence-electron chi connectivity index (χ3n) is 9.92. The number of rotatable bonds is 7. The van der Waals surface area contributed by atoms with Crippen LogP contribution in [0, 0.1) is 17.8 Å². The van der Waals surface area contributed by atoms with E-state index in [1.807, 2.05) is 0 Å². The van der Waals surface area contributed by atoms with Gasteiger partial charge in [0.15, 0.2) is 5.60 Å². The number of ether oxygens (including phenoxy) is 2. The molecule has 6 rings (SSSR count). The number of methoxy groups -OCH3 is 1. The van der Waals surface area contributed by atoms with Crippen LogP contribution in [0.4, 0.5) is 0 Å². The molecule has 0 aromatic heterocycles. The zero-order valence-electron chi connectivity index (χ0n) is 21.3. The molecule has 3 nitrogen and oxygen atoms in total. The van der Waals surface area contributed by atoms with E-state index in [1.165, 1.54) is 36.1 Å². The summed E-state index contributed by atoms with van der Waals surface area (Å²) >= 11 is 0. The van der Waals surface area contributed by atoms with Crippen molar-refractivity contribution in [2.24, 2.45) is 17.8 Å². The number of nitrogens with zero attached hydrogens (tertiary/aromatic N) is 1. The Balaban J connectivity index is 1.44. The first-order valence-corrected chi connectivity index (χ1v) is 13.2. The fraction of sp³-hybridized carbons (Fsp3) is 0.438. The number of hydrogen-bond donors (Lipinski definition) is 0. The van der Waals surface area contributed by atoms with Crippen molar-refractivity contribution in [3.05, 3.63) is 102 Å². The van der Waals surface area contributed by atoms with Gasteiger partial charge in [-0.25, -0.2) is 0 Å². The second kappa shape index (κ2) is 8.50. The highest BCUT2D eigenvalue weighted by molar-refractivity contribution is 5.31. The first-order valence-electron chi connectivity index (χ1n) is 13.2. The average molecular weight is 469 g/mol. The van der Waals surface area contributed by atoms with Gasteiger partial charge in [0.2, 0.25) is 0 Å².